The van der Waals surface area contributed by atoms with Crippen LogP contribution in [0.3, 0.4) is 0 Å². The van der Waals surface area contributed by atoms with Gasteiger partial charge in [0.1, 0.15) is 5.78 Å². The molecule has 0 aromatic rings. The highest BCUT2D eigenvalue weighted by molar-refractivity contribution is 6.04. The predicted octanol–water partition coefficient (Wildman–Crippen LogP) is 0.272. The number of carbonyl (C=O) groups excluding carboxylic acids is 1. The van der Waals surface area contributed by atoms with Gasteiger partial charge < -0.3 is 5.23 Å². The van der Waals surface area contributed by atoms with Crippen LogP contribution in [0.1, 0.15) is 32.6 Å². The van der Waals surface area contributed by atoms with Crippen LogP contribution in [0.2, 0.25) is 0 Å². The first-order valence-corrected chi connectivity index (χ1v) is 4.43. The van der Waals surface area contributed by atoms with Gasteiger partial charge in [-0.05, 0) is 19.8 Å². The Morgan fingerprint density at radius 1 is 1.45 bits per heavy atom. The van der Waals surface area contributed by atoms with Gasteiger partial charge in [0.2, 0.25) is 0 Å². The SMILES string of the molecule is BN[C@@H]1CCCC[C@H]1C(C)=O. The molecule has 1 fully saturated rings. The molecule has 2 atom stereocenters. The fourth-order valence-corrected chi connectivity index (χ4v) is 1.96. The highest BCUT2D eigenvalue weighted by atomic mass is 16.1. The maximum atomic E-state index is 11.1. The lowest BCUT2D eigenvalue weighted by Crippen LogP contribution is -2.40. The van der Waals surface area contributed by atoms with E-state index in [0.717, 1.165) is 6.42 Å². The van der Waals surface area contributed by atoms with Gasteiger partial charge in [-0.2, -0.15) is 0 Å². The lowest BCUT2D eigenvalue weighted by Gasteiger charge is -2.29. The summed E-state index contributed by atoms with van der Waals surface area (Å²) in [5.74, 6) is 0.637. The monoisotopic (exact) mass is 153 g/mol. The van der Waals surface area contributed by atoms with Gasteiger partial charge in [0, 0.05) is 12.0 Å². The fraction of sp³-hybridized carbons (Fsp3) is 0.875. The molecule has 0 bridgehead atoms. The van der Waals surface area contributed by atoms with E-state index in [1.165, 1.54) is 19.3 Å². The van der Waals surface area contributed by atoms with E-state index in [4.69, 9.17) is 0 Å². The second kappa shape index (κ2) is 3.91. The van der Waals surface area contributed by atoms with Crippen LogP contribution < -0.4 is 5.23 Å². The minimum absolute atomic E-state index is 0.286. The molecule has 1 rings (SSSR count). The molecule has 0 unspecified atom stereocenters. The summed E-state index contributed by atoms with van der Waals surface area (Å²) in [6.45, 7) is 1.71. The van der Waals surface area contributed by atoms with Gasteiger partial charge in [-0.3, -0.25) is 4.79 Å². The smallest absolute Gasteiger partial charge is 0.182 e. The van der Waals surface area contributed by atoms with Crippen LogP contribution in [0.4, 0.5) is 0 Å². The number of rotatable bonds is 2. The average molecular weight is 153 g/mol. The van der Waals surface area contributed by atoms with E-state index in [2.05, 4.69) is 5.23 Å². The van der Waals surface area contributed by atoms with Crippen molar-refractivity contribution in [3.63, 3.8) is 0 Å². The zero-order chi connectivity index (χ0) is 8.27. The maximum Gasteiger partial charge on any atom is 0.182 e. The number of Topliss-reactive ketones (excluding diaryl/α,β-unsaturated/α-hetero) is 1. The lowest BCUT2D eigenvalue weighted by molar-refractivity contribution is -0.122. The second-order valence-corrected chi connectivity index (χ2v) is 3.40. The summed E-state index contributed by atoms with van der Waals surface area (Å²) >= 11 is 0. The predicted molar refractivity (Wildman–Crippen MR) is 48.1 cm³/mol. The van der Waals surface area contributed by atoms with Crippen molar-refractivity contribution < 1.29 is 4.79 Å². The quantitative estimate of drug-likeness (QED) is 0.577. The minimum atomic E-state index is 0.286. The molecule has 1 N–H and O–H groups in total. The summed E-state index contributed by atoms with van der Waals surface area (Å²) in [7, 11) is 1.95. The third-order valence-corrected chi connectivity index (χ3v) is 2.66. The Morgan fingerprint density at radius 2 is 2.09 bits per heavy atom. The van der Waals surface area contributed by atoms with E-state index < -0.39 is 0 Å². The summed E-state index contributed by atoms with van der Waals surface area (Å²) in [4.78, 5) is 11.1. The van der Waals surface area contributed by atoms with Crippen LogP contribution in [-0.4, -0.2) is 19.8 Å². The molecule has 0 heterocycles. The van der Waals surface area contributed by atoms with Crippen molar-refractivity contribution in [1.29, 1.82) is 0 Å². The molecule has 0 aromatic carbocycles. The molecule has 3 heteroatoms. The summed E-state index contributed by atoms with van der Waals surface area (Å²) in [5, 5.41) is 3.21. The van der Waals surface area contributed by atoms with E-state index in [1.807, 2.05) is 7.98 Å². The topological polar surface area (TPSA) is 29.1 Å². The van der Waals surface area contributed by atoms with Crippen molar-refractivity contribution in [2.24, 2.45) is 5.92 Å². The van der Waals surface area contributed by atoms with Crippen LogP contribution in [0.5, 0.6) is 0 Å². The van der Waals surface area contributed by atoms with Gasteiger partial charge >= 0.3 is 0 Å². The van der Waals surface area contributed by atoms with Crippen LogP contribution in [0.25, 0.3) is 0 Å². The molecule has 1 aliphatic rings. The van der Waals surface area contributed by atoms with Crippen LogP contribution in [0.15, 0.2) is 0 Å². The van der Waals surface area contributed by atoms with Gasteiger partial charge in [-0.25, -0.2) is 0 Å². The highest BCUT2D eigenvalue weighted by Crippen LogP contribution is 2.24. The summed E-state index contributed by atoms with van der Waals surface area (Å²) in [6, 6.07) is 0.446. The van der Waals surface area contributed by atoms with Gasteiger partial charge in [-0.1, -0.05) is 12.8 Å². The van der Waals surface area contributed by atoms with E-state index in [1.54, 1.807) is 6.92 Å². The summed E-state index contributed by atoms with van der Waals surface area (Å²) in [5.41, 5.74) is 0. The Kier molecular flexibility index (Phi) is 3.12. The van der Waals surface area contributed by atoms with Gasteiger partial charge in [0.05, 0.1) is 0 Å². The summed E-state index contributed by atoms with van der Waals surface area (Å²) < 4.78 is 0. The first kappa shape index (κ1) is 8.79. The Hall–Kier alpha value is -0.305. The lowest BCUT2D eigenvalue weighted by atomic mass is 9.81. The first-order valence-electron chi connectivity index (χ1n) is 4.43. The van der Waals surface area contributed by atoms with Crippen LogP contribution in [-0.2, 0) is 4.79 Å². The van der Waals surface area contributed by atoms with Crippen molar-refractivity contribution in [3.8, 4) is 0 Å². The molecule has 2 nitrogen and oxygen atoms in total. The minimum Gasteiger partial charge on any atom is -0.359 e. The molecular weight excluding hydrogens is 137 g/mol. The molecule has 0 saturated heterocycles. The van der Waals surface area contributed by atoms with E-state index in [0.29, 0.717) is 11.8 Å². The fourth-order valence-electron chi connectivity index (χ4n) is 1.96. The Morgan fingerprint density at radius 3 is 2.55 bits per heavy atom. The maximum absolute atomic E-state index is 11.1. The molecule has 0 radical (unpaired) electrons. The Labute approximate surface area is 69.2 Å². The molecule has 0 spiro atoms. The first-order chi connectivity index (χ1) is 5.25. The van der Waals surface area contributed by atoms with Crippen molar-refractivity contribution in [1.82, 2.24) is 5.23 Å². The molecule has 0 aromatic heterocycles. The number of nitrogens with one attached hydrogen (secondary N) is 1. The number of hydrogen-bond donors (Lipinski definition) is 1. The molecule has 1 aliphatic carbocycles. The molecule has 11 heavy (non-hydrogen) atoms. The normalized spacial score (nSPS) is 31.7. The zero-order valence-electron chi connectivity index (χ0n) is 7.39. The van der Waals surface area contributed by atoms with Crippen LogP contribution in [0, 0.1) is 5.92 Å². The van der Waals surface area contributed by atoms with Crippen molar-refractivity contribution >= 4 is 13.8 Å². The van der Waals surface area contributed by atoms with E-state index in [-0.39, 0.29) is 5.92 Å². The van der Waals surface area contributed by atoms with E-state index >= 15 is 0 Å². The molecule has 0 amide bonds. The standard InChI is InChI=1S/C8H16BNO/c1-6(11)7-4-2-3-5-8(7)10-9/h7-8,10H,2-5,9H2,1H3/t7-,8+/m0/s1. The average Bonchev–Trinajstić information content (AvgIpc) is 2.04. The molecule has 1 saturated carbocycles. The summed E-state index contributed by atoms with van der Waals surface area (Å²) in [6.07, 6.45) is 4.75. The van der Waals surface area contributed by atoms with Crippen molar-refractivity contribution in [2.45, 2.75) is 38.6 Å². The Balaban J connectivity index is 2.51. The number of ketones is 1. The highest BCUT2D eigenvalue weighted by Gasteiger charge is 2.26. The Bertz CT molecular complexity index is 149. The zero-order valence-corrected chi connectivity index (χ0v) is 7.39. The number of hydrogen-bond acceptors (Lipinski definition) is 2. The van der Waals surface area contributed by atoms with Gasteiger partial charge in [0.25, 0.3) is 0 Å². The van der Waals surface area contributed by atoms with E-state index in [9.17, 15) is 4.79 Å². The van der Waals surface area contributed by atoms with Crippen molar-refractivity contribution in [3.05, 3.63) is 0 Å². The number of carbonyl (C=O) groups is 1. The molecule has 0 aliphatic heterocycles. The third-order valence-electron chi connectivity index (χ3n) is 2.66. The van der Waals surface area contributed by atoms with Gasteiger partial charge in [-0.15, -0.1) is 0 Å². The molecular formula is C8H16BNO. The van der Waals surface area contributed by atoms with Crippen molar-refractivity contribution in [2.75, 3.05) is 0 Å². The van der Waals surface area contributed by atoms with Gasteiger partial charge in [0.15, 0.2) is 7.98 Å². The molecule has 62 valence electrons. The largest absolute Gasteiger partial charge is 0.359 e. The third kappa shape index (κ3) is 2.06. The van der Waals surface area contributed by atoms with Crippen LogP contribution >= 0.6 is 0 Å². The second-order valence-electron chi connectivity index (χ2n) is 3.40.